The fourth-order valence-electron chi connectivity index (χ4n) is 11.8. The van der Waals surface area contributed by atoms with Crippen LogP contribution in [0.4, 0.5) is 0 Å². The molecule has 0 fully saturated rings. The highest BCUT2D eigenvalue weighted by molar-refractivity contribution is 6.16. The fourth-order valence-corrected chi connectivity index (χ4v) is 11.8. The average Bonchev–Trinajstić information content (AvgIpc) is 3.96. The van der Waals surface area contributed by atoms with E-state index in [1.165, 1.54) is 66.8 Å². The second-order valence-corrected chi connectivity index (χ2v) is 16.7. The first-order valence-corrected chi connectivity index (χ1v) is 21.1. The summed E-state index contributed by atoms with van der Waals surface area (Å²) < 4.78 is 6.66. The molecule has 0 saturated heterocycles. The molecule has 0 N–H and O–H groups in total. The van der Waals surface area contributed by atoms with E-state index in [0.29, 0.717) is 5.82 Å². The van der Waals surface area contributed by atoms with Crippen molar-refractivity contribution in [2.75, 3.05) is 0 Å². The number of hydrogen-bond donors (Lipinski definition) is 0. The molecule has 0 saturated carbocycles. The predicted octanol–water partition coefficient (Wildman–Crippen LogP) is 13.9. The molecule has 3 aliphatic rings. The van der Waals surface area contributed by atoms with Crippen molar-refractivity contribution in [2.45, 2.75) is 10.8 Å². The van der Waals surface area contributed by atoms with Gasteiger partial charge >= 0.3 is 0 Å². The number of rotatable bonds is 2. The van der Waals surface area contributed by atoms with Gasteiger partial charge in [-0.15, -0.1) is 0 Å². The number of aromatic nitrogens is 2. The fraction of sp³-hybridized carbons (Fsp3) is 0.0345. The Morgan fingerprint density at radius 3 is 1.56 bits per heavy atom. The lowest BCUT2D eigenvalue weighted by atomic mass is 9.52. The molecule has 14 rings (SSSR count). The van der Waals surface area contributed by atoms with E-state index < -0.39 is 10.8 Å². The van der Waals surface area contributed by atoms with Gasteiger partial charge in [-0.3, -0.25) is 0 Å². The summed E-state index contributed by atoms with van der Waals surface area (Å²) in [7, 11) is 0. The quantitative estimate of drug-likeness (QED) is 0.176. The largest absolute Gasteiger partial charge is 0.456 e. The summed E-state index contributed by atoms with van der Waals surface area (Å²) in [6.07, 6.45) is 0. The van der Waals surface area contributed by atoms with Crippen molar-refractivity contribution in [1.29, 1.82) is 0 Å². The summed E-state index contributed by atoms with van der Waals surface area (Å²) >= 11 is 0. The summed E-state index contributed by atoms with van der Waals surface area (Å²) in [6, 6.07) is 75.5. The number of benzene rings is 9. The van der Waals surface area contributed by atoms with Crippen LogP contribution in [0.15, 0.2) is 211 Å². The molecule has 0 radical (unpaired) electrons. The summed E-state index contributed by atoms with van der Waals surface area (Å²) in [5, 5.41) is 3.29. The van der Waals surface area contributed by atoms with Gasteiger partial charge in [0, 0.05) is 27.3 Å². The van der Waals surface area contributed by atoms with E-state index in [1.807, 2.05) is 0 Å². The summed E-state index contributed by atoms with van der Waals surface area (Å²) in [5.41, 5.74) is 19.9. The van der Waals surface area contributed by atoms with Crippen LogP contribution in [0.1, 0.15) is 44.5 Å². The van der Waals surface area contributed by atoms with Gasteiger partial charge < -0.3 is 4.42 Å². The Morgan fingerprint density at radius 1 is 0.344 bits per heavy atom. The Hall–Kier alpha value is -7.88. The maximum atomic E-state index is 6.66. The van der Waals surface area contributed by atoms with E-state index in [0.717, 1.165) is 49.7 Å². The molecule has 0 bridgehead atoms. The molecule has 2 spiro atoms. The molecule has 0 atom stereocenters. The highest BCUT2D eigenvalue weighted by atomic mass is 16.3. The predicted molar refractivity (Wildman–Crippen MR) is 246 cm³/mol. The van der Waals surface area contributed by atoms with Gasteiger partial charge in [-0.1, -0.05) is 182 Å². The van der Waals surface area contributed by atoms with Gasteiger partial charge in [0.25, 0.3) is 0 Å². The lowest BCUT2D eigenvalue weighted by molar-refractivity contribution is 0.632. The molecule has 0 amide bonds. The summed E-state index contributed by atoms with van der Waals surface area (Å²) in [5.74, 6) is 0.703. The Morgan fingerprint density at radius 2 is 0.869 bits per heavy atom. The number of hydrogen-bond acceptors (Lipinski definition) is 3. The third-order valence-electron chi connectivity index (χ3n) is 14.0. The molecule has 0 unspecified atom stereocenters. The molecule has 11 aromatic rings. The van der Waals surface area contributed by atoms with Gasteiger partial charge in [-0.05, 0) is 91.0 Å². The smallest absolute Gasteiger partial charge is 0.160 e. The number of para-hydroxylation sites is 2. The molecular weight excluding hydrogens is 741 g/mol. The molecule has 9 aromatic carbocycles. The number of fused-ring (bicyclic) bond motifs is 21. The van der Waals surface area contributed by atoms with E-state index in [4.69, 9.17) is 14.4 Å². The second kappa shape index (κ2) is 11.9. The first kappa shape index (κ1) is 33.0. The van der Waals surface area contributed by atoms with Crippen molar-refractivity contribution >= 4 is 32.8 Å². The van der Waals surface area contributed by atoms with E-state index in [9.17, 15) is 0 Å². The number of nitrogens with zero attached hydrogens (tertiary/aromatic N) is 2. The van der Waals surface area contributed by atoms with Gasteiger partial charge in [0.15, 0.2) is 5.82 Å². The molecule has 61 heavy (non-hydrogen) atoms. The standard InChI is InChI=1S/C58H34N2O/c1-2-16-35(17-3-1)55-39-20-6-14-28-50(39)59-56(60-55)36-30-31-44-41(34-36)53-49(32-33-52-54(53)40-21-7-15-29-51(40)61-52)58(44)47-26-12-10-24-45(47)57(46-25-11-13-27-48(46)58)42-22-8-4-18-37(42)38-19-5-9-23-43(38)57/h1-34H. The Bertz CT molecular complexity index is 3580. The summed E-state index contributed by atoms with van der Waals surface area (Å²) in [6.45, 7) is 0. The molecule has 3 nitrogen and oxygen atoms in total. The minimum absolute atomic E-state index is 0.506. The van der Waals surface area contributed by atoms with Crippen LogP contribution in [0.2, 0.25) is 0 Å². The van der Waals surface area contributed by atoms with Crippen LogP contribution >= 0.6 is 0 Å². The maximum absolute atomic E-state index is 6.66. The van der Waals surface area contributed by atoms with E-state index in [1.54, 1.807) is 0 Å². The van der Waals surface area contributed by atoms with Crippen molar-refractivity contribution in [2.24, 2.45) is 0 Å². The third-order valence-corrected chi connectivity index (χ3v) is 14.0. The molecule has 2 aromatic heterocycles. The van der Waals surface area contributed by atoms with Crippen LogP contribution in [0.25, 0.3) is 77.7 Å². The lowest BCUT2D eigenvalue weighted by Gasteiger charge is -2.48. The van der Waals surface area contributed by atoms with Crippen LogP contribution in [0, 0.1) is 0 Å². The molecule has 282 valence electrons. The molecular formula is C58H34N2O. The van der Waals surface area contributed by atoms with Crippen molar-refractivity contribution in [3.8, 4) is 44.9 Å². The SMILES string of the molecule is c1ccc(-c2nc(-c3ccc4c(c3)-c3c(ccc5oc6ccccc6c35)C43c4ccccc4C4(c5ccccc5-c5ccccc54)c4ccccc43)nc3ccccc23)cc1. The molecule has 3 aliphatic carbocycles. The monoisotopic (exact) mass is 774 g/mol. The van der Waals surface area contributed by atoms with Gasteiger partial charge in [-0.2, -0.15) is 0 Å². The zero-order valence-corrected chi connectivity index (χ0v) is 32.9. The molecule has 2 heterocycles. The lowest BCUT2D eigenvalue weighted by Crippen LogP contribution is -2.43. The second-order valence-electron chi connectivity index (χ2n) is 16.7. The Balaban J connectivity index is 1.12. The van der Waals surface area contributed by atoms with E-state index in [2.05, 4.69) is 206 Å². The maximum Gasteiger partial charge on any atom is 0.160 e. The van der Waals surface area contributed by atoms with Crippen molar-refractivity contribution in [1.82, 2.24) is 9.97 Å². The third kappa shape index (κ3) is 4.04. The Kier molecular flexibility index (Phi) is 6.42. The first-order valence-electron chi connectivity index (χ1n) is 21.1. The van der Waals surface area contributed by atoms with Gasteiger partial charge in [0.2, 0.25) is 0 Å². The normalized spacial score (nSPS) is 14.5. The molecule has 0 aliphatic heterocycles. The van der Waals surface area contributed by atoms with Crippen molar-refractivity contribution < 1.29 is 4.42 Å². The van der Waals surface area contributed by atoms with Crippen LogP contribution in [0.5, 0.6) is 0 Å². The van der Waals surface area contributed by atoms with Crippen LogP contribution < -0.4 is 0 Å². The number of furan rings is 1. The summed E-state index contributed by atoms with van der Waals surface area (Å²) in [4.78, 5) is 10.6. The Labute approximate surface area is 352 Å². The zero-order valence-electron chi connectivity index (χ0n) is 32.9. The van der Waals surface area contributed by atoms with E-state index in [-0.39, 0.29) is 0 Å². The first-order chi connectivity index (χ1) is 30.3. The van der Waals surface area contributed by atoms with E-state index >= 15 is 0 Å². The van der Waals surface area contributed by atoms with Gasteiger partial charge in [-0.25, -0.2) is 9.97 Å². The minimum atomic E-state index is -0.639. The van der Waals surface area contributed by atoms with Crippen molar-refractivity contribution in [3.05, 3.63) is 251 Å². The highest BCUT2D eigenvalue weighted by Crippen LogP contribution is 2.68. The van der Waals surface area contributed by atoms with Gasteiger partial charge in [0.1, 0.15) is 11.2 Å². The van der Waals surface area contributed by atoms with Crippen LogP contribution in [-0.2, 0) is 10.8 Å². The average molecular weight is 775 g/mol. The van der Waals surface area contributed by atoms with Crippen LogP contribution in [-0.4, -0.2) is 9.97 Å². The van der Waals surface area contributed by atoms with Gasteiger partial charge in [0.05, 0.1) is 22.0 Å². The molecule has 3 heteroatoms. The topological polar surface area (TPSA) is 38.9 Å². The van der Waals surface area contributed by atoms with Crippen molar-refractivity contribution in [3.63, 3.8) is 0 Å². The van der Waals surface area contributed by atoms with Crippen LogP contribution in [0.3, 0.4) is 0 Å². The minimum Gasteiger partial charge on any atom is -0.456 e. The highest BCUT2D eigenvalue weighted by Gasteiger charge is 2.59. The zero-order chi connectivity index (χ0) is 39.9.